The van der Waals surface area contributed by atoms with Crippen LogP contribution in [0.15, 0.2) is 6.33 Å². The van der Waals surface area contributed by atoms with E-state index in [0.717, 1.165) is 58.2 Å². The highest BCUT2D eigenvalue weighted by Gasteiger charge is 2.19. The van der Waals surface area contributed by atoms with Gasteiger partial charge in [-0.1, -0.05) is 6.92 Å². The van der Waals surface area contributed by atoms with Crippen LogP contribution >= 0.6 is 0 Å². The summed E-state index contributed by atoms with van der Waals surface area (Å²) >= 11 is 0. The molecule has 0 saturated carbocycles. The molecule has 1 atom stereocenters. The number of nitrogens with two attached hydrogens (primary N) is 1. The number of aryl methyl sites for hydroxylation is 1. The lowest BCUT2D eigenvalue weighted by Gasteiger charge is -2.35. The van der Waals surface area contributed by atoms with Crippen molar-refractivity contribution in [3.8, 4) is 0 Å². The summed E-state index contributed by atoms with van der Waals surface area (Å²) in [6.45, 7) is 12.5. The van der Waals surface area contributed by atoms with Crippen LogP contribution in [-0.2, 0) is 13.1 Å². The van der Waals surface area contributed by atoms with Crippen molar-refractivity contribution < 1.29 is 0 Å². The summed E-state index contributed by atoms with van der Waals surface area (Å²) in [5.41, 5.74) is 5.68. The summed E-state index contributed by atoms with van der Waals surface area (Å²) in [4.78, 5) is 9.31. The van der Waals surface area contributed by atoms with Crippen LogP contribution in [0.5, 0.6) is 0 Å². The third kappa shape index (κ3) is 3.99. The second kappa shape index (κ2) is 6.98. The van der Waals surface area contributed by atoms with Gasteiger partial charge in [-0.25, -0.2) is 9.67 Å². The number of hydrogen-bond acceptors (Lipinski definition) is 5. The molecule has 2 heterocycles. The molecule has 0 aliphatic carbocycles. The Morgan fingerprint density at radius 3 is 2.58 bits per heavy atom. The molecule has 1 fully saturated rings. The Balaban J connectivity index is 1.77. The summed E-state index contributed by atoms with van der Waals surface area (Å²) in [6.07, 6.45) is 1.65. The van der Waals surface area contributed by atoms with Gasteiger partial charge in [0.2, 0.25) is 0 Å². The van der Waals surface area contributed by atoms with Crippen molar-refractivity contribution in [2.75, 3.05) is 39.3 Å². The molecule has 1 aromatic heterocycles. The molecule has 108 valence electrons. The summed E-state index contributed by atoms with van der Waals surface area (Å²) in [5, 5.41) is 4.22. The minimum atomic E-state index is 0.592. The zero-order valence-corrected chi connectivity index (χ0v) is 12.1. The predicted molar refractivity (Wildman–Crippen MR) is 75.6 cm³/mol. The van der Waals surface area contributed by atoms with Gasteiger partial charge in [0.15, 0.2) is 0 Å². The average molecular weight is 266 g/mol. The Hall–Kier alpha value is -0.980. The first-order valence-corrected chi connectivity index (χ1v) is 7.24. The molecule has 1 aliphatic heterocycles. The Bertz CT molecular complexity index is 369. The second-order valence-electron chi connectivity index (χ2n) is 5.41. The monoisotopic (exact) mass is 266 g/mol. The van der Waals surface area contributed by atoms with Gasteiger partial charge >= 0.3 is 0 Å². The van der Waals surface area contributed by atoms with Crippen LogP contribution in [0, 0.1) is 5.92 Å². The molecule has 1 aliphatic rings. The normalized spacial score (nSPS) is 19.7. The van der Waals surface area contributed by atoms with E-state index in [1.54, 1.807) is 6.33 Å². The molecule has 0 amide bonds. The number of aromatic nitrogens is 3. The Kier molecular flexibility index (Phi) is 5.30. The molecule has 1 saturated heterocycles. The number of nitrogens with zero attached hydrogens (tertiary/aromatic N) is 5. The Morgan fingerprint density at radius 1 is 1.26 bits per heavy atom. The zero-order chi connectivity index (χ0) is 13.7. The molecule has 19 heavy (non-hydrogen) atoms. The first-order chi connectivity index (χ1) is 9.22. The maximum atomic E-state index is 5.68. The van der Waals surface area contributed by atoms with E-state index in [-0.39, 0.29) is 0 Å². The van der Waals surface area contributed by atoms with Crippen molar-refractivity contribution in [3.05, 3.63) is 12.2 Å². The molecule has 2 rings (SSSR count). The van der Waals surface area contributed by atoms with E-state index in [2.05, 4.69) is 33.7 Å². The SMILES string of the molecule is CCn1ncnc1CN1CCN(CC(C)CN)CC1. The fourth-order valence-corrected chi connectivity index (χ4v) is 2.52. The van der Waals surface area contributed by atoms with E-state index in [4.69, 9.17) is 5.73 Å². The molecule has 6 heteroatoms. The highest BCUT2D eigenvalue weighted by Crippen LogP contribution is 2.08. The highest BCUT2D eigenvalue weighted by molar-refractivity contribution is 4.86. The molecule has 0 radical (unpaired) electrons. The number of piperazine rings is 1. The maximum absolute atomic E-state index is 5.68. The molecule has 6 nitrogen and oxygen atoms in total. The lowest BCUT2D eigenvalue weighted by molar-refractivity contribution is 0.113. The third-order valence-corrected chi connectivity index (χ3v) is 3.80. The molecule has 2 N–H and O–H groups in total. The predicted octanol–water partition coefficient (Wildman–Crippen LogP) is 0.0104. The van der Waals surface area contributed by atoms with Gasteiger partial charge in [-0.05, 0) is 19.4 Å². The van der Waals surface area contributed by atoms with Crippen LogP contribution in [0.2, 0.25) is 0 Å². The highest BCUT2D eigenvalue weighted by atomic mass is 15.4. The van der Waals surface area contributed by atoms with Crippen LogP contribution in [-0.4, -0.2) is 63.8 Å². The van der Waals surface area contributed by atoms with Gasteiger partial charge in [-0.2, -0.15) is 5.10 Å². The minimum absolute atomic E-state index is 0.592. The van der Waals surface area contributed by atoms with E-state index in [1.165, 1.54) is 0 Å². The van der Waals surface area contributed by atoms with Crippen LogP contribution < -0.4 is 5.73 Å². The van der Waals surface area contributed by atoms with Crippen LogP contribution in [0.3, 0.4) is 0 Å². The zero-order valence-electron chi connectivity index (χ0n) is 12.1. The van der Waals surface area contributed by atoms with Gasteiger partial charge in [0.1, 0.15) is 12.2 Å². The standard InChI is InChI=1S/C13H26N6/c1-3-19-13(15-11-16-19)10-18-6-4-17(5-7-18)9-12(2)8-14/h11-12H,3-10,14H2,1-2H3. The largest absolute Gasteiger partial charge is 0.330 e. The van der Waals surface area contributed by atoms with Crippen LogP contribution in [0.1, 0.15) is 19.7 Å². The van der Waals surface area contributed by atoms with E-state index < -0.39 is 0 Å². The summed E-state index contributed by atoms with van der Waals surface area (Å²) < 4.78 is 1.98. The quantitative estimate of drug-likeness (QED) is 0.786. The lowest BCUT2D eigenvalue weighted by atomic mass is 10.1. The fraction of sp³-hybridized carbons (Fsp3) is 0.846. The topological polar surface area (TPSA) is 63.2 Å². The van der Waals surface area contributed by atoms with Crippen molar-refractivity contribution in [2.45, 2.75) is 26.9 Å². The van der Waals surface area contributed by atoms with Crippen molar-refractivity contribution in [3.63, 3.8) is 0 Å². The van der Waals surface area contributed by atoms with Crippen LogP contribution in [0.25, 0.3) is 0 Å². The minimum Gasteiger partial charge on any atom is -0.330 e. The van der Waals surface area contributed by atoms with E-state index in [1.807, 2.05) is 4.68 Å². The molecule has 0 bridgehead atoms. The van der Waals surface area contributed by atoms with Crippen LogP contribution in [0.4, 0.5) is 0 Å². The fourth-order valence-electron chi connectivity index (χ4n) is 2.52. The summed E-state index contributed by atoms with van der Waals surface area (Å²) in [7, 11) is 0. The average Bonchev–Trinajstić information content (AvgIpc) is 2.88. The molecule has 1 aromatic rings. The van der Waals surface area contributed by atoms with Crippen molar-refractivity contribution >= 4 is 0 Å². The van der Waals surface area contributed by atoms with E-state index in [9.17, 15) is 0 Å². The maximum Gasteiger partial charge on any atom is 0.140 e. The Labute approximate surface area is 115 Å². The summed E-state index contributed by atoms with van der Waals surface area (Å²) in [5.74, 6) is 1.67. The first-order valence-electron chi connectivity index (χ1n) is 7.24. The first kappa shape index (κ1) is 14.4. The smallest absolute Gasteiger partial charge is 0.140 e. The second-order valence-corrected chi connectivity index (χ2v) is 5.41. The van der Waals surface area contributed by atoms with E-state index >= 15 is 0 Å². The molecular formula is C13H26N6. The molecule has 0 spiro atoms. The number of rotatable bonds is 6. The van der Waals surface area contributed by atoms with Crippen molar-refractivity contribution in [2.24, 2.45) is 11.7 Å². The third-order valence-electron chi connectivity index (χ3n) is 3.80. The lowest BCUT2D eigenvalue weighted by Crippen LogP contribution is -2.47. The van der Waals surface area contributed by atoms with Crippen molar-refractivity contribution in [1.82, 2.24) is 24.6 Å². The van der Waals surface area contributed by atoms with Gasteiger partial charge in [0, 0.05) is 39.3 Å². The molecule has 0 aromatic carbocycles. The molecular weight excluding hydrogens is 240 g/mol. The summed E-state index contributed by atoms with van der Waals surface area (Å²) in [6, 6.07) is 0. The Morgan fingerprint density at radius 2 is 1.95 bits per heavy atom. The van der Waals surface area contributed by atoms with Gasteiger partial charge in [-0.15, -0.1) is 0 Å². The van der Waals surface area contributed by atoms with Gasteiger partial charge in [-0.3, -0.25) is 4.90 Å². The molecule has 1 unspecified atom stereocenters. The van der Waals surface area contributed by atoms with Crippen molar-refractivity contribution in [1.29, 1.82) is 0 Å². The van der Waals surface area contributed by atoms with Gasteiger partial charge in [0.25, 0.3) is 0 Å². The number of hydrogen-bond donors (Lipinski definition) is 1. The van der Waals surface area contributed by atoms with E-state index in [0.29, 0.717) is 5.92 Å². The van der Waals surface area contributed by atoms with Gasteiger partial charge < -0.3 is 10.6 Å². The van der Waals surface area contributed by atoms with Gasteiger partial charge in [0.05, 0.1) is 6.54 Å².